The lowest BCUT2D eigenvalue weighted by Crippen LogP contribution is -2.04. The van der Waals surface area contributed by atoms with Crippen LogP contribution in [-0.2, 0) is 17.8 Å². The molecule has 0 heterocycles. The van der Waals surface area contributed by atoms with Gasteiger partial charge in [-0.15, -0.1) is 0 Å². The number of hydrogen-bond acceptors (Lipinski definition) is 3. The highest BCUT2D eigenvalue weighted by molar-refractivity contribution is 6.35. The quantitative estimate of drug-likeness (QED) is 0.222. The third-order valence-corrected chi connectivity index (χ3v) is 6.52. The number of carboxylic acids is 2. The lowest BCUT2D eigenvalue weighted by molar-refractivity contribution is -0.137. The minimum atomic E-state index is -0.957. The summed E-state index contributed by atoms with van der Waals surface area (Å²) in [6, 6.07) is 19.9. The molecule has 0 saturated heterocycles. The molecule has 3 rings (SSSR count). The predicted molar refractivity (Wildman–Crippen MR) is 143 cm³/mol. The zero-order valence-corrected chi connectivity index (χ0v) is 21.2. The maximum atomic E-state index is 11.2. The summed E-state index contributed by atoms with van der Waals surface area (Å²) in [7, 11) is 0. The van der Waals surface area contributed by atoms with Crippen molar-refractivity contribution in [2.45, 2.75) is 38.7 Å². The molecule has 0 amide bonds. The summed E-state index contributed by atoms with van der Waals surface area (Å²) in [5, 5.41) is 19.2. The summed E-state index contributed by atoms with van der Waals surface area (Å²) in [6.45, 7) is 0.234. The minimum Gasteiger partial charge on any atom is -0.488 e. The van der Waals surface area contributed by atoms with Gasteiger partial charge in [0.05, 0.1) is 5.56 Å². The molecule has 5 nitrogen and oxygen atoms in total. The van der Waals surface area contributed by atoms with E-state index in [9.17, 15) is 9.59 Å². The summed E-state index contributed by atoms with van der Waals surface area (Å²) in [5.74, 6) is -0.918. The first-order valence-electron chi connectivity index (χ1n) is 11.7. The molecule has 0 aliphatic heterocycles. The molecule has 0 radical (unpaired) electrons. The van der Waals surface area contributed by atoms with Crippen molar-refractivity contribution in [3.63, 3.8) is 0 Å². The number of carboxylic acid groups (broad SMARTS) is 2. The van der Waals surface area contributed by atoms with Crippen LogP contribution in [0.25, 0.3) is 6.08 Å². The number of allylic oxidation sites excluding steroid dienone is 1. The highest BCUT2D eigenvalue weighted by atomic mass is 35.5. The van der Waals surface area contributed by atoms with Crippen LogP contribution in [0.2, 0.25) is 10.0 Å². The van der Waals surface area contributed by atoms with Gasteiger partial charge in [-0.2, -0.15) is 0 Å². The van der Waals surface area contributed by atoms with Crippen molar-refractivity contribution in [1.29, 1.82) is 0 Å². The summed E-state index contributed by atoms with van der Waals surface area (Å²) in [6.07, 6.45) is 7.16. The van der Waals surface area contributed by atoms with E-state index in [4.69, 9.17) is 38.2 Å². The number of ether oxygens (including phenoxy) is 1. The second-order valence-corrected chi connectivity index (χ2v) is 9.31. The van der Waals surface area contributed by atoms with Gasteiger partial charge >= 0.3 is 11.9 Å². The summed E-state index contributed by atoms with van der Waals surface area (Å²) >= 11 is 12.5. The molecular weight excluding hydrogens is 499 g/mol. The maximum absolute atomic E-state index is 11.2. The lowest BCUT2D eigenvalue weighted by atomic mass is 9.92. The van der Waals surface area contributed by atoms with E-state index in [1.54, 1.807) is 30.3 Å². The molecule has 3 aromatic rings. The zero-order chi connectivity index (χ0) is 25.9. The van der Waals surface area contributed by atoms with Crippen molar-refractivity contribution in [1.82, 2.24) is 0 Å². The van der Waals surface area contributed by atoms with Gasteiger partial charge in [0.1, 0.15) is 12.4 Å². The van der Waals surface area contributed by atoms with Crippen LogP contribution in [0.3, 0.4) is 0 Å². The standard InChI is InChI=1S/C29H28Cl2O5/c30-25-8-5-9-26(31)24(25)19-36-27-10-3-2-7-22(27)15-12-20(6-1-4-11-28(32)33)18-21-13-16-23(17-14-21)29(34)35/h2-3,5,7-10,12-17,20H,1,4,6,11,18-19H2,(H,32,33)(H,34,35). The van der Waals surface area contributed by atoms with Crippen molar-refractivity contribution >= 4 is 41.2 Å². The fourth-order valence-electron chi connectivity index (χ4n) is 3.84. The Morgan fingerprint density at radius 2 is 1.58 bits per heavy atom. The second-order valence-electron chi connectivity index (χ2n) is 8.49. The van der Waals surface area contributed by atoms with Gasteiger partial charge in [-0.05, 0) is 61.1 Å². The highest BCUT2D eigenvalue weighted by Gasteiger charge is 2.11. The molecule has 2 N–H and O–H groups in total. The number of halogens is 2. The molecule has 0 aliphatic carbocycles. The van der Waals surface area contributed by atoms with Crippen LogP contribution in [0, 0.1) is 5.92 Å². The number of aromatic carboxylic acids is 1. The van der Waals surface area contributed by atoms with Gasteiger partial charge in [0.2, 0.25) is 0 Å². The van der Waals surface area contributed by atoms with Crippen LogP contribution < -0.4 is 4.74 Å². The second kappa shape index (κ2) is 13.7. The normalized spacial score (nSPS) is 11.9. The minimum absolute atomic E-state index is 0.139. The average Bonchev–Trinajstić information content (AvgIpc) is 2.85. The molecule has 3 aromatic carbocycles. The number of unbranched alkanes of at least 4 members (excludes halogenated alkanes) is 1. The number of aliphatic carboxylic acids is 1. The van der Waals surface area contributed by atoms with E-state index in [2.05, 4.69) is 6.08 Å². The molecule has 0 fully saturated rings. The molecule has 0 saturated carbocycles. The Balaban J connectivity index is 1.74. The van der Waals surface area contributed by atoms with Crippen LogP contribution in [0.1, 0.15) is 52.7 Å². The van der Waals surface area contributed by atoms with Crippen molar-refractivity contribution < 1.29 is 24.5 Å². The van der Waals surface area contributed by atoms with Gasteiger partial charge in [0.25, 0.3) is 0 Å². The third-order valence-electron chi connectivity index (χ3n) is 5.81. The first-order valence-corrected chi connectivity index (χ1v) is 12.5. The monoisotopic (exact) mass is 526 g/mol. The number of hydrogen-bond donors (Lipinski definition) is 2. The highest BCUT2D eigenvalue weighted by Crippen LogP contribution is 2.28. The Hall–Kier alpha value is -3.28. The van der Waals surface area contributed by atoms with Crippen molar-refractivity contribution in [2.24, 2.45) is 5.92 Å². The van der Waals surface area contributed by atoms with E-state index in [0.29, 0.717) is 28.6 Å². The molecule has 1 unspecified atom stereocenters. The number of rotatable bonds is 13. The molecule has 0 bridgehead atoms. The Bertz CT molecular complexity index is 1180. The Morgan fingerprint density at radius 1 is 0.889 bits per heavy atom. The van der Waals surface area contributed by atoms with Crippen molar-refractivity contribution in [2.75, 3.05) is 0 Å². The first-order chi connectivity index (χ1) is 17.3. The topological polar surface area (TPSA) is 83.8 Å². The summed E-state index contributed by atoms with van der Waals surface area (Å²) in [4.78, 5) is 22.0. The van der Waals surface area contributed by atoms with E-state index in [-0.39, 0.29) is 24.5 Å². The fourth-order valence-corrected chi connectivity index (χ4v) is 4.35. The number of para-hydroxylation sites is 1. The largest absolute Gasteiger partial charge is 0.488 e. The molecular formula is C29H28Cl2O5. The maximum Gasteiger partial charge on any atom is 0.335 e. The van der Waals surface area contributed by atoms with Crippen LogP contribution in [-0.4, -0.2) is 22.2 Å². The van der Waals surface area contributed by atoms with E-state index in [1.807, 2.05) is 42.5 Å². The molecule has 0 aromatic heterocycles. The van der Waals surface area contributed by atoms with Crippen LogP contribution in [0.15, 0.2) is 72.8 Å². The van der Waals surface area contributed by atoms with Gasteiger partial charge < -0.3 is 14.9 Å². The molecule has 0 spiro atoms. The summed E-state index contributed by atoms with van der Waals surface area (Å²) < 4.78 is 6.05. The van der Waals surface area contributed by atoms with Gasteiger partial charge in [-0.3, -0.25) is 4.79 Å². The molecule has 0 aliphatic rings. The SMILES string of the molecule is O=C(O)CCCCC(C=Cc1ccccc1OCc1c(Cl)cccc1Cl)Cc1ccc(C(=O)O)cc1. The predicted octanol–water partition coefficient (Wildman–Crippen LogP) is 7.79. The van der Waals surface area contributed by atoms with Crippen molar-refractivity contribution in [3.05, 3.63) is 105 Å². The van der Waals surface area contributed by atoms with Crippen LogP contribution >= 0.6 is 23.2 Å². The molecule has 36 heavy (non-hydrogen) atoms. The van der Waals surface area contributed by atoms with E-state index >= 15 is 0 Å². The lowest BCUT2D eigenvalue weighted by Gasteiger charge is -2.14. The third kappa shape index (κ3) is 8.43. The smallest absolute Gasteiger partial charge is 0.335 e. The first kappa shape index (κ1) is 27.3. The number of benzene rings is 3. The van der Waals surface area contributed by atoms with Crippen LogP contribution in [0.5, 0.6) is 5.75 Å². The van der Waals surface area contributed by atoms with E-state index in [0.717, 1.165) is 29.5 Å². The van der Waals surface area contributed by atoms with E-state index in [1.165, 1.54) is 0 Å². The molecule has 7 heteroatoms. The van der Waals surface area contributed by atoms with Gasteiger partial charge in [-0.1, -0.05) is 78.2 Å². The fraction of sp³-hybridized carbons (Fsp3) is 0.241. The Morgan fingerprint density at radius 3 is 2.25 bits per heavy atom. The van der Waals surface area contributed by atoms with Crippen LogP contribution in [0.4, 0.5) is 0 Å². The summed E-state index contributed by atoms with van der Waals surface area (Å²) in [5.41, 5.74) is 2.89. The Kier molecular flexibility index (Phi) is 10.4. The van der Waals surface area contributed by atoms with Crippen molar-refractivity contribution in [3.8, 4) is 5.75 Å². The molecule has 1 atom stereocenters. The van der Waals surface area contributed by atoms with E-state index < -0.39 is 11.9 Å². The average molecular weight is 527 g/mol. The Labute approximate surface area is 221 Å². The molecule has 188 valence electrons. The van der Waals surface area contributed by atoms with Gasteiger partial charge in [-0.25, -0.2) is 4.79 Å². The van der Waals surface area contributed by atoms with Gasteiger partial charge in [0, 0.05) is 27.6 Å². The van der Waals surface area contributed by atoms with Gasteiger partial charge in [0.15, 0.2) is 0 Å². The number of carbonyl (C=O) groups is 2. The zero-order valence-electron chi connectivity index (χ0n) is 19.7.